The van der Waals surface area contributed by atoms with Gasteiger partial charge in [-0.1, -0.05) is 30.3 Å². The van der Waals surface area contributed by atoms with Gasteiger partial charge in [-0.15, -0.1) is 0 Å². The zero-order chi connectivity index (χ0) is 9.90. The summed E-state index contributed by atoms with van der Waals surface area (Å²) in [6.45, 7) is 1.18. The van der Waals surface area contributed by atoms with Crippen LogP contribution in [0.1, 0.15) is 17.3 Å². The molecule has 1 rings (SSSR count). The molecule has 0 aliphatic rings. The topological polar surface area (TPSA) is 61.1 Å². The number of carbonyl (C=O) groups excluding carboxylic acids is 1. The summed E-state index contributed by atoms with van der Waals surface area (Å²) in [5.74, 6) is -0.574. The number of hydrogen-bond acceptors (Lipinski definition) is 3. The third-order valence-electron chi connectivity index (χ3n) is 1.70. The fraction of sp³-hybridized carbons (Fsp3) is 0.200. The first-order chi connectivity index (χ1) is 6.08. The highest BCUT2D eigenvalue weighted by Gasteiger charge is 2.30. The van der Waals surface area contributed by atoms with E-state index in [1.54, 1.807) is 36.4 Å². The van der Waals surface area contributed by atoms with E-state index in [-0.39, 0.29) is 0 Å². The molecule has 1 unspecified atom stereocenters. The van der Waals surface area contributed by atoms with Crippen molar-refractivity contribution in [1.82, 2.24) is 0 Å². The Kier molecular flexibility index (Phi) is 2.45. The van der Waals surface area contributed by atoms with Gasteiger partial charge in [0.15, 0.2) is 0 Å². The first-order valence-corrected chi connectivity index (χ1v) is 3.81. The summed E-state index contributed by atoms with van der Waals surface area (Å²) in [5, 5.41) is 17.8. The average molecular weight is 175 g/mol. The molecule has 0 heterocycles. The number of nitriles is 1. The van der Waals surface area contributed by atoms with Crippen LogP contribution in [0.15, 0.2) is 30.3 Å². The lowest BCUT2D eigenvalue weighted by Gasteiger charge is -2.11. The number of rotatable bonds is 2. The number of nitrogens with zero attached hydrogens (tertiary/aromatic N) is 1. The highest BCUT2D eigenvalue weighted by molar-refractivity contribution is 6.03. The third-order valence-corrected chi connectivity index (χ3v) is 1.70. The predicted molar refractivity (Wildman–Crippen MR) is 47.0 cm³/mol. The van der Waals surface area contributed by atoms with Crippen molar-refractivity contribution < 1.29 is 9.90 Å². The highest BCUT2D eigenvalue weighted by atomic mass is 16.3. The number of benzene rings is 1. The largest absolute Gasteiger partial charge is 0.369 e. The van der Waals surface area contributed by atoms with Gasteiger partial charge in [0.1, 0.15) is 6.07 Å². The highest BCUT2D eigenvalue weighted by Crippen LogP contribution is 2.11. The minimum atomic E-state index is -1.93. The molecule has 1 aromatic carbocycles. The van der Waals surface area contributed by atoms with Gasteiger partial charge in [-0.3, -0.25) is 4.79 Å². The molecule has 3 heteroatoms. The van der Waals surface area contributed by atoms with E-state index in [1.165, 1.54) is 6.92 Å². The molecule has 0 aliphatic heterocycles. The number of Topliss-reactive ketones (excluding diaryl/α,β-unsaturated/α-hetero) is 1. The van der Waals surface area contributed by atoms with E-state index in [4.69, 9.17) is 5.26 Å². The van der Waals surface area contributed by atoms with E-state index in [2.05, 4.69) is 0 Å². The molecule has 0 fully saturated rings. The van der Waals surface area contributed by atoms with Crippen LogP contribution in [0.2, 0.25) is 0 Å². The molecule has 0 aromatic heterocycles. The van der Waals surface area contributed by atoms with Crippen molar-refractivity contribution in [2.24, 2.45) is 0 Å². The molecule has 13 heavy (non-hydrogen) atoms. The van der Waals surface area contributed by atoms with E-state index < -0.39 is 11.4 Å². The molecule has 0 saturated heterocycles. The smallest absolute Gasteiger partial charge is 0.211 e. The van der Waals surface area contributed by atoms with Crippen LogP contribution < -0.4 is 0 Å². The SMILES string of the molecule is CC(O)(C#N)C(=O)c1ccccc1. The minimum Gasteiger partial charge on any atom is -0.369 e. The normalized spacial score (nSPS) is 14.2. The molecule has 0 amide bonds. The summed E-state index contributed by atoms with van der Waals surface area (Å²) in [6, 6.07) is 9.80. The van der Waals surface area contributed by atoms with Crippen molar-refractivity contribution in [3.05, 3.63) is 35.9 Å². The van der Waals surface area contributed by atoms with Crippen molar-refractivity contribution in [3.8, 4) is 6.07 Å². The number of carbonyl (C=O) groups is 1. The Morgan fingerprint density at radius 1 is 1.46 bits per heavy atom. The molecular formula is C10H9NO2. The lowest BCUT2D eigenvalue weighted by Crippen LogP contribution is -2.33. The summed E-state index contributed by atoms with van der Waals surface area (Å²) in [6.07, 6.45) is 0. The lowest BCUT2D eigenvalue weighted by atomic mass is 9.96. The standard InChI is InChI=1S/C10H9NO2/c1-10(13,7-11)9(12)8-5-3-2-4-6-8/h2-6,13H,1H3. The fourth-order valence-electron chi connectivity index (χ4n) is 0.921. The molecular weight excluding hydrogens is 166 g/mol. The van der Waals surface area contributed by atoms with Gasteiger partial charge < -0.3 is 5.11 Å². The van der Waals surface area contributed by atoms with E-state index in [9.17, 15) is 9.90 Å². The molecule has 0 bridgehead atoms. The van der Waals surface area contributed by atoms with Gasteiger partial charge in [-0.05, 0) is 6.92 Å². The van der Waals surface area contributed by atoms with Crippen molar-refractivity contribution in [2.45, 2.75) is 12.5 Å². The van der Waals surface area contributed by atoms with E-state index in [1.807, 2.05) is 0 Å². The van der Waals surface area contributed by atoms with Crippen LogP contribution in [0, 0.1) is 11.3 Å². The van der Waals surface area contributed by atoms with Gasteiger partial charge in [-0.2, -0.15) is 5.26 Å². The van der Waals surface area contributed by atoms with Crippen LogP contribution in [-0.4, -0.2) is 16.5 Å². The first-order valence-electron chi connectivity index (χ1n) is 3.81. The van der Waals surface area contributed by atoms with Gasteiger partial charge in [0, 0.05) is 5.56 Å². The molecule has 1 N–H and O–H groups in total. The van der Waals surface area contributed by atoms with Crippen molar-refractivity contribution >= 4 is 5.78 Å². The van der Waals surface area contributed by atoms with Crippen molar-refractivity contribution in [2.75, 3.05) is 0 Å². The maximum atomic E-state index is 11.4. The Morgan fingerprint density at radius 3 is 2.46 bits per heavy atom. The zero-order valence-electron chi connectivity index (χ0n) is 7.19. The lowest BCUT2D eigenvalue weighted by molar-refractivity contribution is 0.0615. The molecule has 66 valence electrons. The van der Waals surface area contributed by atoms with Gasteiger partial charge in [0.2, 0.25) is 11.4 Å². The second-order valence-electron chi connectivity index (χ2n) is 2.88. The summed E-state index contributed by atoms with van der Waals surface area (Å²) in [4.78, 5) is 11.4. The van der Waals surface area contributed by atoms with E-state index >= 15 is 0 Å². The quantitative estimate of drug-likeness (QED) is 0.541. The summed E-state index contributed by atoms with van der Waals surface area (Å²) >= 11 is 0. The molecule has 0 spiro atoms. The Labute approximate surface area is 76.2 Å². The van der Waals surface area contributed by atoms with E-state index in [0.717, 1.165) is 0 Å². The van der Waals surface area contributed by atoms with Gasteiger partial charge >= 0.3 is 0 Å². The Balaban J connectivity index is 3.01. The van der Waals surface area contributed by atoms with E-state index in [0.29, 0.717) is 5.56 Å². The second kappa shape index (κ2) is 3.38. The second-order valence-corrected chi connectivity index (χ2v) is 2.88. The fourth-order valence-corrected chi connectivity index (χ4v) is 0.921. The van der Waals surface area contributed by atoms with Gasteiger partial charge in [-0.25, -0.2) is 0 Å². The zero-order valence-corrected chi connectivity index (χ0v) is 7.19. The van der Waals surface area contributed by atoms with Crippen LogP contribution >= 0.6 is 0 Å². The van der Waals surface area contributed by atoms with Crippen LogP contribution in [0.4, 0.5) is 0 Å². The average Bonchev–Trinajstić information content (AvgIpc) is 2.18. The number of ketones is 1. The van der Waals surface area contributed by atoms with Crippen molar-refractivity contribution in [1.29, 1.82) is 5.26 Å². The van der Waals surface area contributed by atoms with Gasteiger partial charge in [0.25, 0.3) is 0 Å². The Hall–Kier alpha value is -1.66. The molecule has 0 radical (unpaired) electrons. The Morgan fingerprint density at radius 2 is 2.00 bits per heavy atom. The minimum absolute atomic E-state index is 0.342. The first kappa shape index (κ1) is 9.43. The summed E-state index contributed by atoms with van der Waals surface area (Å²) < 4.78 is 0. The molecule has 3 nitrogen and oxygen atoms in total. The van der Waals surface area contributed by atoms with Crippen LogP contribution in [0.3, 0.4) is 0 Å². The predicted octanol–water partition coefficient (Wildman–Crippen LogP) is 1.14. The Bertz CT molecular complexity index is 349. The monoisotopic (exact) mass is 175 g/mol. The van der Waals surface area contributed by atoms with Gasteiger partial charge in [0.05, 0.1) is 0 Å². The van der Waals surface area contributed by atoms with Crippen LogP contribution in [0.25, 0.3) is 0 Å². The maximum absolute atomic E-state index is 11.4. The van der Waals surface area contributed by atoms with Crippen LogP contribution in [0.5, 0.6) is 0 Å². The number of aliphatic hydroxyl groups is 1. The molecule has 1 aromatic rings. The maximum Gasteiger partial charge on any atom is 0.211 e. The molecule has 1 atom stereocenters. The molecule has 0 saturated carbocycles. The summed E-state index contributed by atoms with van der Waals surface area (Å²) in [7, 11) is 0. The van der Waals surface area contributed by atoms with Crippen LogP contribution in [-0.2, 0) is 0 Å². The summed E-state index contributed by atoms with van der Waals surface area (Å²) in [5.41, 5.74) is -1.59. The molecule has 0 aliphatic carbocycles. The third kappa shape index (κ3) is 1.92. The van der Waals surface area contributed by atoms with Crippen molar-refractivity contribution in [3.63, 3.8) is 0 Å². The number of hydrogen-bond donors (Lipinski definition) is 1.